The quantitative estimate of drug-likeness (QED) is 0.0343. The number of rotatable bonds is 57. The Hall–Kier alpha value is -1.59. The highest BCUT2D eigenvalue weighted by molar-refractivity contribution is 5.71. The molecule has 0 N–H and O–H groups in total. The van der Waals surface area contributed by atoms with Gasteiger partial charge in [0.2, 0.25) is 0 Å². The molecule has 0 aliphatic rings. The van der Waals surface area contributed by atoms with Gasteiger partial charge in [0.25, 0.3) is 0 Å². The van der Waals surface area contributed by atoms with E-state index in [1.54, 1.807) is 0 Å². The van der Waals surface area contributed by atoms with E-state index >= 15 is 0 Å². The molecule has 0 aliphatic heterocycles. The van der Waals surface area contributed by atoms with Crippen LogP contribution in [-0.4, -0.2) is 37.2 Å². The van der Waals surface area contributed by atoms with Crippen molar-refractivity contribution in [3.63, 3.8) is 0 Å². The van der Waals surface area contributed by atoms with Gasteiger partial charge in [0.1, 0.15) is 13.2 Å². The van der Waals surface area contributed by atoms with Crippen molar-refractivity contribution < 1.29 is 28.6 Å². The molecule has 0 spiro atoms. The van der Waals surface area contributed by atoms with Crippen LogP contribution < -0.4 is 0 Å². The molecule has 1 atom stereocenters. The lowest BCUT2D eigenvalue weighted by atomic mass is 10.0. The van der Waals surface area contributed by atoms with Gasteiger partial charge in [-0.05, 0) is 31.1 Å². The molecule has 0 amide bonds. The summed E-state index contributed by atoms with van der Waals surface area (Å²) in [5, 5.41) is 0. The summed E-state index contributed by atoms with van der Waals surface area (Å²) in [4.78, 5) is 38.2. The minimum Gasteiger partial charge on any atom is -0.462 e. The summed E-state index contributed by atoms with van der Waals surface area (Å²) in [5.41, 5.74) is 0. The lowest BCUT2D eigenvalue weighted by Crippen LogP contribution is -2.30. The zero-order chi connectivity index (χ0) is 50.4. The molecule has 0 saturated heterocycles. The smallest absolute Gasteiger partial charge is 0.306 e. The Bertz CT molecular complexity index is 1060. The van der Waals surface area contributed by atoms with Crippen LogP contribution in [0, 0.1) is 11.8 Å². The van der Waals surface area contributed by atoms with Gasteiger partial charge in [-0.1, -0.05) is 317 Å². The lowest BCUT2D eigenvalue weighted by molar-refractivity contribution is -0.167. The Morgan fingerprint density at radius 1 is 0.275 bits per heavy atom. The summed E-state index contributed by atoms with van der Waals surface area (Å²) >= 11 is 0. The van der Waals surface area contributed by atoms with Crippen LogP contribution in [0.25, 0.3) is 0 Å². The summed E-state index contributed by atoms with van der Waals surface area (Å²) in [6, 6.07) is 0. The minimum absolute atomic E-state index is 0.0619. The predicted molar refractivity (Wildman–Crippen MR) is 298 cm³/mol. The summed E-state index contributed by atoms with van der Waals surface area (Å²) < 4.78 is 16.9. The first-order chi connectivity index (χ1) is 33.7. The molecule has 0 saturated carbocycles. The van der Waals surface area contributed by atoms with Crippen LogP contribution in [0.2, 0.25) is 0 Å². The van der Waals surface area contributed by atoms with Crippen LogP contribution in [0.3, 0.4) is 0 Å². The van der Waals surface area contributed by atoms with E-state index in [0.29, 0.717) is 19.3 Å². The van der Waals surface area contributed by atoms with Crippen LogP contribution in [0.15, 0.2) is 0 Å². The van der Waals surface area contributed by atoms with Gasteiger partial charge in [-0.25, -0.2) is 0 Å². The first kappa shape index (κ1) is 67.4. The van der Waals surface area contributed by atoms with Crippen LogP contribution in [0.5, 0.6) is 0 Å². The Kier molecular flexibility index (Phi) is 54.4. The Morgan fingerprint density at radius 2 is 0.478 bits per heavy atom. The van der Waals surface area contributed by atoms with Crippen molar-refractivity contribution in [3.05, 3.63) is 0 Å². The topological polar surface area (TPSA) is 78.9 Å². The second-order valence-corrected chi connectivity index (χ2v) is 22.6. The van der Waals surface area contributed by atoms with E-state index in [1.807, 2.05) is 0 Å². The average Bonchev–Trinajstić information content (AvgIpc) is 3.32. The number of hydrogen-bond acceptors (Lipinski definition) is 6. The number of ether oxygens (including phenoxy) is 3. The molecule has 0 heterocycles. The molecule has 0 unspecified atom stereocenters. The van der Waals surface area contributed by atoms with Gasteiger partial charge in [0.05, 0.1) is 0 Å². The lowest BCUT2D eigenvalue weighted by Gasteiger charge is -2.18. The highest BCUT2D eigenvalue weighted by atomic mass is 16.6. The van der Waals surface area contributed by atoms with Crippen molar-refractivity contribution in [3.8, 4) is 0 Å². The van der Waals surface area contributed by atoms with E-state index in [0.717, 1.165) is 69.6 Å². The molecular formula is C63H122O6. The molecular weight excluding hydrogens is 853 g/mol. The Labute approximate surface area is 431 Å². The van der Waals surface area contributed by atoms with Crippen LogP contribution in [-0.2, 0) is 28.6 Å². The number of hydrogen-bond donors (Lipinski definition) is 0. The minimum atomic E-state index is -0.763. The summed E-state index contributed by atoms with van der Waals surface area (Å²) in [5.74, 6) is 0.874. The van der Waals surface area contributed by atoms with E-state index in [-0.39, 0.29) is 31.1 Å². The molecule has 69 heavy (non-hydrogen) atoms. The molecule has 410 valence electrons. The summed E-state index contributed by atoms with van der Waals surface area (Å²) in [7, 11) is 0. The molecule has 0 aromatic heterocycles. The Balaban J connectivity index is 4.23. The molecule has 0 aromatic carbocycles. The zero-order valence-electron chi connectivity index (χ0n) is 47.5. The van der Waals surface area contributed by atoms with Crippen molar-refractivity contribution in [2.75, 3.05) is 13.2 Å². The van der Waals surface area contributed by atoms with E-state index in [2.05, 4.69) is 34.6 Å². The first-order valence-electron chi connectivity index (χ1n) is 31.2. The van der Waals surface area contributed by atoms with E-state index in [1.165, 1.54) is 244 Å². The third kappa shape index (κ3) is 57.2. The number of unbranched alkanes of at least 4 members (excludes halogenated alkanes) is 42. The number of esters is 3. The van der Waals surface area contributed by atoms with Gasteiger partial charge in [-0.3, -0.25) is 14.4 Å². The molecule has 0 rings (SSSR count). The highest BCUT2D eigenvalue weighted by Gasteiger charge is 2.19. The highest BCUT2D eigenvalue weighted by Crippen LogP contribution is 2.19. The van der Waals surface area contributed by atoms with Gasteiger partial charge in [-0.15, -0.1) is 0 Å². The van der Waals surface area contributed by atoms with E-state index in [4.69, 9.17) is 14.2 Å². The third-order valence-electron chi connectivity index (χ3n) is 14.5. The van der Waals surface area contributed by atoms with Gasteiger partial charge in [0, 0.05) is 19.3 Å². The fourth-order valence-corrected chi connectivity index (χ4v) is 9.76. The van der Waals surface area contributed by atoms with Crippen molar-refractivity contribution in [1.82, 2.24) is 0 Å². The van der Waals surface area contributed by atoms with E-state index in [9.17, 15) is 14.4 Å². The van der Waals surface area contributed by atoms with Gasteiger partial charge >= 0.3 is 17.9 Å². The predicted octanol–water partition coefficient (Wildman–Crippen LogP) is 20.8. The van der Waals surface area contributed by atoms with Crippen LogP contribution in [0.4, 0.5) is 0 Å². The number of carbonyl (C=O) groups excluding carboxylic acids is 3. The molecule has 0 aliphatic carbocycles. The maximum absolute atomic E-state index is 12.9. The van der Waals surface area contributed by atoms with Gasteiger partial charge < -0.3 is 14.2 Å². The van der Waals surface area contributed by atoms with Gasteiger partial charge in [0.15, 0.2) is 6.10 Å². The maximum atomic E-state index is 12.9. The van der Waals surface area contributed by atoms with Crippen molar-refractivity contribution >= 4 is 17.9 Å². The molecule has 6 nitrogen and oxygen atoms in total. The monoisotopic (exact) mass is 975 g/mol. The molecule has 0 radical (unpaired) electrons. The molecule has 0 aromatic rings. The second kappa shape index (κ2) is 55.7. The Morgan fingerprint density at radius 3 is 0.710 bits per heavy atom. The molecule has 6 heteroatoms. The fraction of sp³-hybridized carbons (Fsp3) is 0.952. The van der Waals surface area contributed by atoms with Crippen LogP contribution in [0.1, 0.15) is 356 Å². The standard InChI is InChI=1S/C63H122O6/c1-6-7-8-9-10-11-12-28-33-38-43-48-53-61(64)67-56-60(69-63(66)55-50-45-40-35-30-25-21-17-19-23-27-32-37-42-47-52-59(4)5)57-68-62(65)54-49-44-39-34-29-24-20-16-14-13-15-18-22-26-31-36-41-46-51-58(2)3/h58-60H,6-57H2,1-5H3/t60-/m1/s1. The SMILES string of the molecule is CCCCCCCCCCCCCCC(=O)OC[C@H](COC(=O)CCCCCCCCCCCCCCCCCCCCC(C)C)OC(=O)CCCCCCCCCCCCCCCCCC(C)C. The summed E-state index contributed by atoms with van der Waals surface area (Å²) in [6.07, 6.45) is 61.0. The number of carbonyl (C=O) groups is 3. The normalized spacial score (nSPS) is 12.0. The third-order valence-corrected chi connectivity index (χ3v) is 14.5. The maximum Gasteiger partial charge on any atom is 0.306 e. The first-order valence-corrected chi connectivity index (χ1v) is 31.2. The average molecular weight is 976 g/mol. The largest absolute Gasteiger partial charge is 0.462 e. The van der Waals surface area contributed by atoms with Crippen molar-refractivity contribution in [1.29, 1.82) is 0 Å². The fourth-order valence-electron chi connectivity index (χ4n) is 9.76. The van der Waals surface area contributed by atoms with Crippen molar-refractivity contribution in [2.24, 2.45) is 11.8 Å². The van der Waals surface area contributed by atoms with E-state index < -0.39 is 6.10 Å². The molecule has 0 bridgehead atoms. The van der Waals surface area contributed by atoms with Crippen LogP contribution >= 0.6 is 0 Å². The summed E-state index contributed by atoms with van der Waals surface area (Å²) in [6.45, 7) is 11.5. The second-order valence-electron chi connectivity index (χ2n) is 22.6. The zero-order valence-corrected chi connectivity index (χ0v) is 47.5. The molecule has 0 fully saturated rings. The van der Waals surface area contributed by atoms with Gasteiger partial charge in [-0.2, -0.15) is 0 Å². The van der Waals surface area contributed by atoms with Crippen molar-refractivity contribution in [2.45, 2.75) is 362 Å².